The Hall–Kier alpha value is -3.18. The molecule has 2 N–H and O–H groups in total. The third kappa shape index (κ3) is 4.71. The van der Waals surface area contributed by atoms with E-state index in [0.29, 0.717) is 16.3 Å². The van der Waals surface area contributed by atoms with Gasteiger partial charge in [0.2, 0.25) is 0 Å². The molecule has 136 valence electrons. The van der Waals surface area contributed by atoms with Gasteiger partial charge < -0.3 is 10.6 Å². The largest absolute Gasteiger partial charge is 0.354 e. The highest BCUT2D eigenvalue weighted by Gasteiger charge is 2.09. The van der Waals surface area contributed by atoms with Crippen molar-refractivity contribution in [1.82, 2.24) is 4.98 Å². The second-order valence-corrected chi connectivity index (χ2v) is 6.54. The van der Waals surface area contributed by atoms with Crippen LogP contribution in [0.3, 0.4) is 0 Å². The lowest BCUT2D eigenvalue weighted by atomic mass is 10.1. The molecule has 0 aliphatic carbocycles. The number of rotatable bonds is 5. The van der Waals surface area contributed by atoms with E-state index in [0.717, 1.165) is 16.9 Å². The molecule has 1 amide bonds. The number of carbonyl (C=O) groups is 2. The van der Waals surface area contributed by atoms with Crippen molar-refractivity contribution in [3.8, 4) is 0 Å². The number of aromatic nitrogens is 1. The molecule has 3 aromatic rings. The highest BCUT2D eigenvalue weighted by atomic mass is 35.5. The van der Waals surface area contributed by atoms with E-state index < -0.39 is 0 Å². The Kier molecular flexibility index (Phi) is 5.52. The van der Waals surface area contributed by atoms with Crippen molar-refractivity contribution in [1.29, 1.82) is 0 Å². The molecule has 0 unspecified atom stereocenters. The zero-order valence-corrected chi connectivity index (χ0v) is 15.7. The summed E-state index contributed by atoms with van der Waals surface area (Å²) in [6, 6.07) is 15.8. The summed E-state index contributed by atoms with van der Waals surface area (Å²) >= 11 is 5.97. The van der Waals surface area contributed by atoms with Gasteiger partial charge in [-0.1, -0.05) is 23.7 Å². The maximum atomic E-state index is 12.4. The Morgan fingerprint density at radius 3 is 2.48 bits per heavy atom. The first-order chi connectivity index (χ1) is 12.9. The van der Waals surface area contributed by atoms with Crippen molar-refractivity contribution >= 4 is 40.4 Å². The maximum Gasteiger partial charge on any atom is 0.274 e. The van der Waals surface area contributed by atoms with E-state index >= 15 is 0 Å². The Labute approximate surface area is 162 Å². The fourth-order valence-corrected chi connectivity index (χ4v) is 2.76. The lowest BCUT2D eigenvalue weighted by Gasteiger charge is -2.10. The number of Topliss-reactive ketones (excluding diaryl/α,β-unsaturated/α-hetero) is 1. The van der Waals surface area contributed by atoms with Crippen LogP contribution in [0.25, 0.3) is 0 Å². The molecule has 0 saturated heterocycles. The molecule has 0 bridgehead atoms. The summed E-state index contributed by atoms with van der Waals surface area (Å²) < 4.78 is 0. The SMILES string of the molecule is CC(=O)c1cccc(NC(=O)c2ccc(Nc3ccc(Cl)cc3C)cn2)c1. The van der Waals surface area contributed by atoms with Crippen LogP contribution in [0.15, 0.2) is 60.8 Å². The van der Waals surface area contributed by atoms with Crippen LogP contribution in [0.5, 0.6) is 0 Å². The minimum Gasteiger partial charge on any atom is -0.354 e. The van der Waals surface area contributed by atoms with Crippen molar-refractivity contribution < 1.29 is 9.59 Å². The topological polar surface area (TPSA) is 71.1 Å². The molecule has 1 aromatic heterocycles. The zero-order valence-electron chi connectivity index (χ0n) is 14.9. The van der Waals surface area contributed by atoms with Gasteiger partial charge in [-0.25, -0.2) is 4.98 Å². The molecule has 0 aliphatic heterocycles. The van der Waals surface area contributed by atoms with Crippen LogP contribution in [0.1, 0.15) is 33.3 Å². The molecule has 0 radical (unpaired) electrons. The molecule has 5 nitrogen and oxygen atoms in total. The highest BCUT2D eigenvalue weighted by Crippen LogP contribution is 2.23. The fraction of sp³-hybridized carbons (Fsp3) is 0.0952. The van der Waals surface area contributed by atoms with E-state index in [1.54, 1.807) is 48.7 Å². The predicted molar refractivity (Wildman–Crippen MR) is 108 cm³/mol. The van der Waals surface area contributed by atoms with Crippen molar-refractivity contribution in [2.24, 2.45) is 0 Å². The summed E-state index contributed by atoms with van der Waals surface area (Å²) in [6.45, 7) is 3.44. The van der Waals surface area contributed by atoms with Gasteiger partial charge in [0.15, 0.2) is 5.78 Å². The van der Waals surface area contributed by atoms with E-state index in [-0.39, 0.29) is 17.4 Å². The van der Waals surface area contributed by atoms with Crippen molar-refractivity contribution in [3.63, 3.8) is 0 Å². The van der Waals surface area contributed by atoms with Crippen LogP contribution in [0.2, 0.25) is 5.02 Å². The number of nitrogens with zero attached hydrogens (tertiary/aromatic N) is 1. The van der Waals surface area contributed by atoms with Gasteiger partial charge in [-0.2, -0.15) is 0 Å². The maximum absolute atomic E-state index is 12.4. The van der Waals surface area contributed by atoms with E-state index in [1.165, 1.54) is 6.92 Å². The minimum absolute atomic E-state index is 0.0582. The van der Waals surface area contributed by atoms with Crippen LogP contribution in [0, 0.1) is 6.92 Å². The third-order valence-electron chi connectivity index (χ3n) is 3.99. The van der Waals surface area contributed by atoms with Crippen LogP contribution < -0.4 is 10.6 Å². The normalized spacial score (nSPS) is 10.3. The van der Waals surface area contributed by atoms with Crippen molar-refractivity contribution in [2.75, 3.05) is 10.6 Å². The molecule has 0 spiro atoms. The number of ketones is 1. The summed E-state index contributed by atoms with van der Waals surface area (Å²) in [5.41, 5.74) is 4.05. The zero-order chi connectivity index (χ0) is 19.4. The Morgan fingerprint density at radius 1 is 1.00 bits per heavy atom. The number of nitrogens with one attached hydrogen (secondary N) is 2. The van der Waals surface area contributed by atoms with Gasteiger partial charge in [-0.3, -0.25) is 9.59 Å². The number of hydrogen-bond acceptors (Lipinski definition) is 4. The summed E-state index contributed by atoms with van der Waals surface area (Å²) in [4.78, 5) is 28.0. The number of anilines is 3. The molecular formula is C21H18ClN3O2. The van der Waals surface area contributed by atoms with Gasteiger partial charge in [0.25, 0.3) is 5.91 Å². The molecule has 0 aliphatic rings. The molecule has 6 heteroatoms. The van der Waals surface area contributed by atoms with E-state index in [4.69, 9.17) is 11.6 Å². The molecule has 2 aromatic carbocycles. The number of hydrogen-bond donors (Lipinski definition) is 2. The fourth-order valence-electron chi connectivity index (χ4n) is 2.54. The van der Waals surface area contributed by atoms with Crippen molar-refractivity contribution in [3.05, 3.63) is 82.6 Å². The molecule has 3 rings (SSSR count). The van der Waals surface area contributed by atoms with Gasteiger partial charge in [-0.05, 0) is 61.9 Å². The second-order valence-electron chi connectivity index (χ2n) is 6.11. The summed E-state index contributed by atoms with van der Waals surface area (Å²) in [5.74, 6) is -0.401. The third-order valence-corrected chi connectivity index (χ3v) is 4.23. The average molecular weight is 380 g/mol. The number of aryl methyl sites for hydroxylation is 1. The first kappa shape index (κ1) is 18.6. The summed E-state index contributed by atoms with van der Waals surface area (Å²) in [6.07, 6.45) is 1.59. The Balaban J connectivity index is 1.70. The Bertz CT molecular complexity index is 1000. The van der Waals surface area contributed by atoms with E-state index in [1.807, 2.05) is 19.1 Å². The number of amides is 1. The van der Waals surface area contributed by atoms with Crippen LogP contribution in [0.4, 0.5) is 17.1 Å². The molecule has 0 atom stereocenters. The van der Waals surface area contributed by atoms with Crippen LogP contribution in [-0.2, 0) is 0 Å². The first-order valence-corrected chi connectivity index (χ1v) is 8.72. The van der Waals surface area contributed by atoms with Gasteiger partial charge in [-0.15, -0.1) is 0 Å². The first-order valence-electron chi connectivity index (χ1n) is 8.34. The van der Waals surface area contributed by atoms with Gasteiger partial charge >= 0.3 is 0 Å². The van der Waals surface area contributed by atoms with Gasteiger partial charge in [0.1, 0.15) is 5.69 Å². The minimum atomic E-state index is -0.343. The molecular weight excluding hydrogens is 362 g/mol. The number of pyridine rings is 1. The number of benzene rings is 2. The quantitative estimate of drug-likeness (QED) is 0.594. The number of carbonyl (C=O) groups excluding carboxylic acids is 2. The predicted octanol–water partition coefficient (Wildman–Crippen LogP) is 5.24. The van der Waals surface area contributed by atoms with Crippen LogP contribution >= 0.6 is 11.6 Å². The second kappa shape index (κ2) is 8.01. The summed E-state index contributed by atoms with van der Waals surface area (Å²) in [7, 11) is 0. The summed E-state index contributed by atoms with van der Waals surface area (Å²) in [5, 5.41) is 6.67. The Morgan fingerprint density at radius 2 is 1.81 bits per heavy atom. The van der Waals surface area contributed by atoms with Gasteiger partial charge in [0.05, 0.1) is 11.9 Å². The number of halogens is 1. The van der Waals surface area contributed by atoms with Crippen LogP contribution in [-0.4, -0.2) is 16.7 Å². The van der Waals surface area contributed by atoms with Crippen molar-refractivity contribution in [2.45, 2.75) is 13.8 Å². The standard InChI is InChI=1S/C21H18ClN3O2/c1-13-10-16(22)6-8-19(13)24-18-7-9-20(23-12-18)21(27)25-17-5-3-4-15(11-17)14(2)26/h3-12,24H,1-2H3,(H,25,27). The van der Waals surface area contributed by atoms with E-state index in [2.05, 4.69) is 15.6 Å². The van der Waals surface area contributed by atoms with E-state index in [9.17, 15) is 9.59 Å². The van der Waals surface area contributed by atoms with Gasteiger partial charge in [0, 0.05) is 22.0 Å². The highest BCUT2D eigenvalue weighted by molar-refractivity contribution is 6.30. The molecule has 0 fully saturated rings. The molecule has 1 heterocycles. The smallest absolute Gasteiger partial charge is 0.274 e. The lowest BCUT2D eigenvalue weighted by molar-refractivity contribution is 0.100. The lowest BCUT2D eigenvalue weighted by Crippen LogP contribution is -2.14. The average Bonchev–Trinajstić information content (AvgIpc) is 2.65. The molecule has 0 saturated carbocycles. The molecule has 27 heavy (non-hydrogen) atoms. The monoisotopic (exact) mass is 379 g/mol.